The van der Waals surface area contributed by atoms with E-state index in [1.54, 1.807) is 11.0 Å². The van der Waals surface area contributed by atoms with Gasteiger partial charge in [-0.15, -0.1) is 19.0 Å². The first-order chi connectivity index (χ1) is 8.13. The third-order valence-corrected chi connectivity index (χ3v) is 2.42. The topological polar surface area (TPSA) is 46.3 Å². The van der Waals surface area contributed by atoms with Crippen molar-refractivity contribution in [2.45, 2.75) is 25.9 Å². The fraction of sp³-hybridized carbons (Fsp3) is 0.357. The summed E-state index contributed by atoms with van der Waals surface area (Å²) in [4.78, 5) is 13.7. The quantitative estimate of drug-likeness (QED) is 0.805. The van der Waals surface area contributed by atoms with Crippen LogP contribution >= 0.6 is 12.4 Å². The molecule has 1 atom stereocenters. The van der Waals surface area contributed by atoms with Gasteiger partial charge in [0.1, 0.15) is 0 Å². The van der Waals surface area contributed by atoms with Crippen molar-refractivity contribution >= 4 is 18.3 Å². The third-order valence-electron chi connectivity index (χ3n) is 2.42. The second-order valence-electron chi connectivity index (χ2n) is 4.23. The monoisotopic (exact) mass is 268 g/mol. The minimum absolute atomic E-state index is 0. The largest absolute Gasteiger partial charge is 0.335 e. The van der Waals surface area contributed by atoms with Crippen molar-refractivity contribution in [2.24, 2.45) is 5.73 Å². The SMILES string of the molecule is C=CCN(Cc1ccccc1)C(=O)CC(C)N.Cl. The fourth-order valence-corrected chi connectivity index (χ4v) is 1.62. The maximum Gasteiger partial charge on any atom is 0.224 e. The van der Waals surface area contributed by atoms with Crippen LogP contribution in [0.3, 0.4) is 0 Å². The van der Waals surface area contributed by atoms with E-state index in [0.29, 0.717) is 19.5 Å². The Kier molecular flexibility index (Phi) is 8.08. The van der Waals surface area contributed by atoms with Crippen LogP contribution in [0.25, 0.3) is 0 Å². The standard InChI is InChI=1S/C14H20N2O.ClH/c1-3-9-16(14(17)10-12(2)15)11-13-7-5-4-6-8-13;/h3-8,12H,1,9-11,15H2,2H3;1H. The molecule has 0 fully saturated rings. The molecule has 2 N–H and O–H groups in total. The highest BCUT2D eigenvalue weighted by Crippen LogP contribution is 2.06. The van der Waals surface area contributed by atoms with Crippen molar-refractivity contribution in [1.82, 2.24) is 4.90 Å². The van der Waals surface area contributed by atoms with Crippen molar-refractivity contribution in [3.8, 4) is 0 Å². The normalized spacial score (nSPS) is 11.2. The van der Waals surface area contributed by atoms with Crippen LogP contribution in [0.4, 0.5) is 0 Å². The van der Waals surface area contributed by atoms with Gasteiger partial charge in [-0.3, -0.25) is 4.79 Å². The van der Waals surface area contributed by atoms with E-state index in [9.17, 15) is 4.79 Å². The van der Waals surface area contributed by atoms with E-state index in [-0.39, 0.29) is 24.4 Å². The predicted octanol–water partition coefficient (Wildman–Crippen LogP) is 2.36. The highest BCUT2D eigenvalue weighted by molar-refractivity contribution is 5.85. The van der Waals surface area contributed by atoms with Gasteiger partial charge in [0.05, 0.1) is 0 Å². The molecule has 0 spiro atoms. The van der Waals surface area contributed by atoms with Crippen LogP contribution in [0.5, 0.6) is 0 Å². The van der Waals surface area contributed by atoms with Crippen LogP contribution in [-0.2, 0) is 11.3 Å². The van der Waals surface area contributed by atoms with Gasteiger partial charge >= 0.3 is 0 Å². The van der Waals surface area contributed by atoms with Crippen molar-refractivity contribution < 1.29 is 4.79 Å². The Bertz CT molecular complexity index is 365. The number of carbonyl (C=O) groups excluding carboxylic acids is 1. The molecule has 1 unspecified atom stereocenters. The minimum Gasteiger partial charge on any atom is -0.335 e. The summed E-state index contributed by atoms with van der Waals surface area (Å²) in [6.45, 7) is 6.68. The van der Waals surface area contributed by atoms with Gasteiger partial charge in [0, 0.05) is 25.6 Å². The van der Waals surface area contributed by atoms with Crippen LogP contribution < -0.4 is 5.73 Å². The number of nitrogens with two attached hydrogens (primary N) is 1. The maximum absolute atomic E-state index is 11.9. The van der Waals surface area contributed by atoms with Crippen LogP contribution in [0.15, 0.2) is 43.0 Å². The van der Waals surface area contributed by atoms with E-state index in [2.05, 4.69) is 6.58 Å². The van der Waals surface area contributed by atoms with Crippen LogP contribution in [-0.4, -0.2) is 23.4 Å². The second kappa shape index (κ2) is 8.72. The fourth-order valence-electron chi connectivity index (χ4n) is 1.62. The van der Waals surface area contributed by atoms with Gasteiger partial charge in [-0.2, -0.15) is 0 Å². The summed E-state index contributed by atoms with van der Waals surface area (Å²) >= 11 is 0. The molecule has 0 radical (unpaired) electrons. The summed E-state index contributed by atoms with van der Waals surface area (Å²) in [7, 11) is 0. The lowest BCUT2D eigenvalue weighted by atomic mass is 10.2. The maximum atomic E-state index is 11.9. The van der Waals surface area contributed by atoms with E-state index in [1.807, 2.05) is 37.3 Å². The van der Waals surface area contributed by atoms with Crippen LogP contribution in [0.2, 0.25) is 0 Å². The van der Waals surface area contributed by atoms with E-state index in [1.165, 1.54) is 0 Å². The number of benzene rings is 1. The molecule has 0 aromatic heterocycles. The van der Waals surface area contributed by atoms with Crippen LogP contribution in [0.1, 0.15) is 18.9 Å². The predicted molar refractivity (Wildman–Crippen MR) is 77.6 cm³/mol. The zero-order chi connectivity index (χ0) is 12.7. The summed E-state index contributed by atoms with van der Waals surface area (Å²) in [5.41, 5.74) is 6.77. The average molecular weight is 269 g/mol. The van der Waals surface area contributed by atoms with Crippen molar-refractivity contribution in [3.05, 3.63) is 48.6 Å². The molecule has 0 saturated carbocycles. The molecule has 0 aliphatic heterocycles. The molecule has 1 amide bonds. The molecular formula is C14H21ClN2O. The summed E-state index contributed by atoms with van der Waals surface area (Å²) in [5.74, 6) is 0.0729. The zero-order valence-corrected chi connectivity index (χ0v) is 11.5. The van der Waals surface area contributed by atoms with Gasteiger partial charge in [0.2, 0.25) is 5.91 Å². The molecule has 3 nitrogen and oxygen atoms in total. The van der Waals surface area contributed by atoms with Gasteiger partial charge in [0.25, 0.3) is 0 Å². The zero-order valence-electron chi connectivity index (χ0n) is 10.7. The highest BCUT2D eigenvalue weighted by Gasteiger charge is 2.13. The molecule has 1 aromatic carbocycles. The number of halogens is 1. The molecule has 0 aliphatic carbocycles. The number of rotatable bonds is 6. The first kappa shape index (κ1) is 16.7. The van der Waals surface area contributed by atoms with Crippen molar-refractivity contribution in [2.75, 3.05) is 6.54 Å². The van der Waals surface area contributed by atoms with E-state index >= 15 is 0 Å². The van der Waals surface area contributed by atoms with Gasteiger partial charge in [0.15, 0.2) is 0 Å². The molecule has 0 heterocycles. The molecule has 1 aromatic rings. The van der Waals surface area contributed by atoms with Crippen LogP contribution in [0, 0.1) is 0 Å². The summed E-state index contributed by atoms with van der Waals surface area (Å²) < 4.78 is 0. The molecule has 18 heavy (non-hydrogen) atoms. The van der Waals surface area contributed by atoms with Gasteiger partial charge < -0.3 is 10.6 Å². The Labute approximate surface area is 115 Å². The van der Waals surface area contributed by atoms with Crippen molar-refractivity contribution in [3.63, 3.8) is 0 Å². The second-order valence-corrected chi connectivity index (χ2v) is 4.23. The molecule has 0 aliphatic rings. The van der Waals surface area contributed by atoms with E-state index < -0.39 is 0 Å². The van der Waals surface area contributed by atoms with E-state index in [4.69, 9.17) is 5.73 Å². The smallest absolute Gasteiger partial charge is 0.224 e. The molecule has 4 heteroatoms. The molecule has 0 saturated heterocycles. The Hall–Kier alpha value is -1.32. The Morgan fingerprint density at radius 3 is 2.56 bits per heavy atom. The van der Waals surface area contributed by atoms with E-state index in [0.717, 1.165) is 5.56 Å². The number of hydrogen-bond acceptors (Lipinski definition) is 2. The average Bonchev–Trinajstić information content (AvgIpc) is 2.29. The van der Waals surface area contributed by atoms with Gasteiger partial charge in [-0.05, 0) is 12.5 Å². The number of amides is 1. The number of carbonyl (C=O) groups is 1. The lowest BCUT2D eigenvalue weighted by Gasteiger charge is -2.22. The first-order valence-corrected chi connectivity index (χ1v) is 5.81. The number of hydrogen-bond donors (Lipinski definition) is 1. The summed E-state index contributed by atoms with van der Waals surface area (Å²) in [6, 6.07) is 9.82. The first-order valence-electron chi connectivity index (χ1n) is 5.81. The Morgan fingerprint density at radius 1 is 1.44 bits per heavy atom. The lowest BCUT2D eigenvalue weighted by molar-refractivity contribution is -0.131. The minimum atomic E-state index is -0.106. The Balaban J connectivity index is 0.00000289. The highest BCUT2D eigenvalue weighted by atomic mass is 35.5. The number of nitrogens with zero attached hydrogens (tertiary/aromatic N) is 1. The van der Waals surface area contributed by atoms with Gasteiger partial charge in [-0.1, -0.05) is 36.4 Å². The summed E-state index contributed by atoms with van der Waals surface area (Å²) in [6.07, 6.45) is 2.11. The van der Waals surface area contributed by atoms with Crippen molar-refractivity contribution in [1.29, 1.82) is 0 Å². The molecular weight excluding hydrogens is 248 g/mol. The molecule has 100 valence electrons. The Morgan fingerprint density at radius 2 is 2.06 bits per heavy atom. The lowest BCUT2D eigenvalue weighted by Crippen LogP contribution is -2.34. The molecule has 0 bridgehead atoms. The summed E-state index contributed by atoms with van der Waals surface area (Å²) in [5, 5.41) is 0. The molecule has 1 rings (SSSR count). The third kappa shape index (κ3) is 5.84. The van der Waals surface area contributed by atoms with Gasteiger partial charge in [-0.25, -0.2) is 0 Å².